The van der Waals surface area contributed by atoms with Crippen LogP contribution >= 0.6 is 11.3 Å². The molecule has 1 fully saturated rings. The molecule has 2 aromatic heterocycles. The molecule has 3 atom stereocenters. The van der Waals surface area contributed by atoms with Gasteiger partial charge in [0.25, 0.3) is 11.8 Å². The second-order valence-electron chi connectivity index (χ2n) is 16.0. The standard InChI is InChI=1S/C44H45N7O8S2/c1-42(2,3)58-40(56)43(4,5)59-48-33(36(52)46-34-37(53)51-35(39(54)55)28(27-61(57)38(34)51)25-50-24-16-23-49(50)6)32-26-60-41(45-32)47-44(29-17-10-7-11-18-29,30-19-12-8-13-20-30)31-21-14-9-15-22-31/h7-24,26,34,38H,25,27H2,1-6H3,(H2-,45,46,47,52,54,55)/b48-33-/t34-,38-,61+/m1/s1. The number of nitrogens with one attached hydrogen (secondary N) is 2. The van der Waals surface area contributed by atoms with E-state index >= 15 is 0 Å². The highest BCUT2D eigenvalue weighted by molar-refractivity contribution is 7.92. The number of anilines is 1. The third-order valence-electron chi connectivity index (χ3n) is 10.1. The zero-order valence-corrected chi connectivity index (χ0v) is 36.0. The maximum Gasteiger partial charge on any atom is 0.353 e. The number of benzene rings is 3. The van der Waals surface area contributed by atoms with Gasteiger partial charge in [0.15, 0.2) is 29.6 Å². The number of carbonyl (C=O) groups is 4. The van der Waals surface area contributed by atoms with Gasteiger partial charge in [0.05, 0.1) is 30.5 Å². The topological polar surface area (TPSA) is 194 Å². The van der Waals surface area contributed by atoms with E-state index in [4.69, 9.17) is 14.6 Å². The van der Waals surface area contributed by atoms with Gasteiger partial charge in [-0.05, 0) is 62.5 Å². The summed E-state index contributed by atoms with van der Waals surface area (Å²) in [5, 5.41) is 23.7. The van der Waals surface area contributed by atoms with E-state index in [1.54, 1.807) is 61.0 Å². The minimum atomic E-state index is -1.82. The van der Waals surface area contributed by atoms with Gasteiger partial charge in [-0.1, -0.05) is 96.2 Å². The molecule has 2 amide bonds. The van der Waals surface area contributed by atoms with E-state index < -0.39 is 68.8 Å². The van der Waals surface area contributed by atoms with E-state index in [-0.39, 0.29) is 29.3 Å². The van der Waals surface area contributed by atoms with Crippen LogP contribution in [0.25, 0.3) is 0 Å². The molecule has 316 valence electrons. The van der Waals surface area contributed by atoms with E-state index in [0.29, 0.717) is 5.13 Å². The van der Waals surface area contributed by atoms with Crippen LogP contribution in [-0.2, 0) is 59.1 Å². The predicted octanol–water partition coefficient (Wildman–Crippen LogP) is 3.13. The summed E-state index contributed by atoms with van der Waals surface area (Å²) in [6, 6.07) is 29.9. The second kappa shape index (κ2) is 17.0. The number of aryl methyl sites for hydroxylation is 1. The van der Waals surface area contributed by atoms with E-state index in [1.807, 2.05) is 91.0 Å². The number of fused-ring (bicyclic) bond motifs is 1. The predicted molar refractivity (Wildman–Crippen MR) is 226 cm³/mol. The lowest BCUT2D eigenvalue weighted by Crippen LogP contribution is -2.75. The van der Waals surface area contributed by atoms with Crippen molar-refractivity contribution in [2.45, 2.75) is 69.3 Å². The molecular weight excluding hydrogens is 819 g/mol. The van der Waals surface area contributed by atoms with Crippen molar-refractivity contribution in [3.8, 4) is 0 Å². The van der Waals surface area contributed by atoms with Crippen molar-refractivity contribution in [1.29, 1.82) is 0 Å². The second-order valence-corrected chi connectivity index (χ2v) is 18.4. The Morgan fingerprint density at radius 2 is 1.51 bits per heavy atom. The van der Waals surface area contributed by atoms with Gasteiger partial charge in [-0.2, -0.15) is 4.68 Å². The molecule has 4 heterocycles. The van der Waals surface area contributed by atoms with Gasteiger partial charge in [-0.15, -0.1) is 16.0 Å². The van der Waals surface area contributed by atoms with Gasteiger partial charge in [0, 0.05) is 11.4 Å². The summed E-state index contributed by atoms with van der Waals surface area (Å²) in [6.07, 6.45) is 3.47. The smallest absolute Gasteiger partial charge is 0.353 e. The van der Waals surface area contributed by atoms with Crippen LogP contribution in [-0.4, -0.2) is 77.0 Å². The molecule has 7 rings (SSSR count). The zero-order chi connectivity index (χ0) is 43.7. The molecular formula is C44H45N7O8S2. The molecule has 17 heteroatoms. The van der Waals surface area contributed by atoms with E-state index in [0.717, 1.165) is 21.6 Å². The van der Waals surface area contributed by atoms with E-state index in [1.165, 1.54) is 25.2 Å². The van der Waals surface area contributed by atoms with Crippen LogP contribution < -0.4 is 20.4 Å². The zero-order valence-electron chi connectivity index (χ0n) is 34.4. The van der Waals surface area contributed by atoms with Crippen molar-refractivity contribution < 1.29 is 43.1 Å². The number of ether oxygens (including phenoxy) is 1. The molecule has 1 saturated heterocycles. The van der Waals surface area contributed by atoms with Crippen molar-refractivity contribution in [1.82, 2.24) is 19.9 Å². The molecule has 0 unspecified atom stereocenters. The Kier molecular flexibility index (Phi) is 11.9. The molecule has 3 aromatic carbocycles. The Morgan fingerprint density at radius 3 is 2.02 bits per heavy atom. The van der Waals surface area contributed by atoms with Crippen LogP contribution in [0.4, 0.5) is 5.13 Å². The lowest BCUT2D eigenvalue weighted by molar-refractivity contribution is -0.766. The first-order valence-corrected chi connectivity index (χ1v) is 21.6. The number of carboxylic acid groups (broad SMARTS) is 1. The summed E-state index contributed by atoms with van der Waals surface area (Å²) in [6.45, 7) is 8.01. The maximum absolute atomic E-state index is 14.4. The number of hydrogen-bond acceptors (Lipinski definition) is 12. The lowest BCUT2D eigenvalue weighted by atomic mass is 9.77. The van der Waals surface area contributed by atoms with E-state index in [9.17, 15) is 28.8 Å². The minimum absolute atomic E-state index is 0.0265. The number of oxime groups is 1. The van der Waals surface area contributed by atoms with Crippen molar-refractivity contribution in [3.05, 3.63) is 148 Å². The summed E-state index contributed by atoms with van der Waals surface area (Å²) in [4.78, 5) is 65.3. The summed E-state index contributed by atoms with van der Waals surface area (Å²) < 4.78 is 22.7. The molecule has 5 aromatic rings. The molecule has 0 radical (unpaired) electrons. The summed E-state index contributed by atoms with van der Waals surface area (Å²) in [7, 11) is 1.76. The Labute approximate surface area is 359 Å². The number of carboxylic acids is 1. The number of aromatic nitrogens is 3. The number of β-lactam (4-membered cyclic amide) rings is 1. The van der Waals surface area contributed by atoms with Gasteiger partial charge in [-0.25, -0.2) is 9.78 Å². The largest absolute Gasteiger partial charge is 0.614 e. The molecule has 2 aliphatic rings. The van der Waals surface area contributed by atoms with Gasteiger partial charge in [0.1, 0.15) is 22.6 Å². The maximum atomic E-state index is 14.4. The molecule has 0 aliphatic carbocycles. The fourth-order valence-electron chi connectivity index (χ4n) is 7.17. The van der Waals surface area contributed by atoms with Crippen LogP contribution in [0.15, 0.2) is 131 Å². The average molecular weight is 864 g/mol. The number of rotatable bonds is 14. The molecule has 0 spiro atoms. The first kappa shape index (κ1) is 42.8. The summed E-state index contributed by atoms with van der Waals surface area (Å²) >= 11 is -0.640. The Hall–Kier alpha value is -6.30. The third-order valence-corrected chi connectivity index (χ3v) is 12.5. The molecule has 0 saturated carbocycles. The fraction of sp³-hybridized carbons (Fsp3) is 0.295. The van der Waals surface area contributed by atoms with Gasteiger partial charge < -0.3 is 34.7 Å². The monoisotopic (exact) mass is 863 g/mol. The number of aliphatic carboxylic acids is 1. The van der Waals surface area contributed by atoms with Crippen molar-refractivity contribution in [2.75, 3.05) is 11.1 Å². The number of esters is 1. The summed E-state index contributed by atoms with van der Waals surface area (Å²) in [5.74, 6) is -4.28. The van der Waals surface area contributed by atoms with Crippen molar-refractivity contribution >= 4 is 57.1 Å². The number of hydrogen-bond donors (Lipinski definition) is 2. The fourth-order valence-corrected chi connectivity index (χ4v) is 9.59. The Morgan fingerprint density at radius 1 is 0.934 bits per heavy atom. The normalized spacial score (nSPS) is 18.2. The number of amides is 2. The van der Waals surface area contributed by atoms with Gasteiger partial charge in [-0.3, -0.25) is 14.5 Å². The first-order chi connectivity index (χ1) is 29.0. The van der Waals surface area contributed by atoms with Crippen LogP contribution in [0, 0.1) is 0 Å². The van der Waals surface area contributed by atoms with Crippen molar-refractivity contribution in [2.24, 2.45) is 12.2 Å². The van der Waals surface area contributed by atoms with Crippen LogP contribution in [0.1, 0.15) is 57.0 Å². The molecule has 0 bridgehead atoms. The minimum Gasteiger partial charge on any atom is -0.614 e. The molecule has 2 N–H and O–H groups in total. The third kappa shape index (κ3) is 8.67. The molecule has 2 aliphatic heterocycles. The Bertz CT molecular complexity index is 2400. The quantitative estimate of drug-likeness (QED) is 0.0319. The van der Waals surface area contributed by atoms with Gasteiger partial charge in [0.2, 0.25) is 11.0 Å². The Balaban J connectivity index is 1.24. The van der Waals surface area contributed by atoms with E-state index in [2.05, 4.69) is 15.8 Å². The lowest BCUT2D eigenvalue weighted by Gasteiger charge is -2.49. The first-order valence-electron chi connectivity index (χ1n) is 19.4. The molecule has 61 heavy (non-hydrogen) atoms. The molecule has 15 nitrogen and oxygen atoms in total. The number of nitrogens with zero attached hydrogens (tertiary/aromatic N) is 5. The number of carbonyl (C=O) groups excluding carboxylic acids is 4. The highest BCUT2D eigenvalue weighted by atomic mass is 32.2. The average Bonchev–Trinajstić information content (AvgIpc) is 3.87. The van der Waals surface area contributed by atoms with Crippen molar-refractivity contribution in [3.63, 3.8) is 0 Å². The number of thiazole rings is 1. The highest BCUT2D eigenvalue weighted by Crippen LogP contribution is 2.41. The van der Waals surface area contributed by atoms with Crippen LogP contribution in [0.3, 0.4) is 0 Å². The summed E-state index contributed by atoms with van der Waals surface area (Å²) in [5.41, 5.74) is -1.33. The highest BCUT2D eigenvalue weighted by Gasteiger charge is 2.60. The van der Waals surface area contributed by atoms with Crippen LogP contribution in [0.5, 0.6) is 0 Å². The van der Waals surface area contributed by atoms with Gasteiger partial charge >= 0.3 is 5.97 Å². The SMILES string of the molecule is Cn1ccc[n+]1CC1=C(C(=O)[O-])N2C(=O)[C@@H](NC(=O)/C(=N\OC(C)(C)C(=O)OC(C)(C)C)c3csc(NC(c4ccccc4)(c4ccccc4)c4ccccc4)n3)[C@H]2[S@@+]([O-])C1. The van der Waals surface area contributed by atoms with Crippen LogP contribution in [0.2, 0.25) is 0 Å².